The average molecular weight is 250 g/mol. The SMILES string of the molecule is COc1cccc(N(C)C2CCCCC2O)c1N. The van der Waals surface area contributed by atoms with Gasteiger partial charge in [0, 0.05) is 7.05 Å². The third-order valence-electron chi connectivity index (χ3n) is 3.83. The summed E-state index contributed by atoms with van der Waals surface area (Å²) < 4.78 is 5.24. The van der Waals surface area contributed by atoms with Crippen LogP contribution in [0.5, 0.6) is 5.75 Å². The molecule has 2 unspecified atom stereocenters. The lowest BCUT2D eigenvalue weighted by atomic mass is 9.91. The normalized spacial score (nSPS) is 23.7. The van der Waals surface area contributed by atoms with Crippen molar-refractivity contribution in [1.29, 1.82) is 0 Å². The summed E-state index contributed by atoms with van der Waals surface area (Å²) in [6.45, 7) is 0. The second-order valence-electron chi connectivity index (χ2n) is 4.92. The van der Waals surface area contributed by atoms with Gasteiger partial charge in [-0.2, -0.15) is 0 Å². The molecule has 1 aliphatic rings. The standard InChI is InChI=1S/C14H22N2O2/c1-16(10-6-3-4-8-12(10)17)11-7-5-9-13(18-2)14(11)15/h5,7,9-10,12,17H,3-4,6,8,15H2,1-2H3. The van der Waals surface area contributed by atoms with E-state index in [9.17, 15) is 5.11 Å². The molecule has 18 heavy (non-hydrogen) atoms. The summed E-state index contributed by atoms with van der Waals surface area (Å²) in [6, 6.07) is 5.90. The Hall–Kier alpha value is -1.42. The van der Waals surface area contributed by atoms with E-state index >= 15 is 0 Å². The first-order chi connectivity index (χ1) is 8.65. The molecule has 0 aliphatic heterocycles. The average Bonchev–Trinajstić information content (AvgIpc) is 2.39. The molecule has 0 radical (unpaired) electrons. The van der Waals surface area contributed by atoms with E-state index in [4.69, 9.17) is 10.5 Å². The predicted molar refractivity (Wildman–Crippen MR) is 74.1 cm³/mol. The number of hydrogen-bond donors (Lipinski definition) is 2. The van der Waals surface area contributed by atoms with Crippen molar-refractivity contribution in [3.05, 3.63) is 18.2 Å². The van der Waals surface area contributed by atoms with Crippen LogP contribution in [0.2, 0.25) is 0 Å². The van der Waals surface area contributed by atoms with Crippen molar-refractivity contribution >= 4 is 11.4 Å². The van der Waals surface area contributed by atoms with Gasteiger partial charge in [0.1, 0.15) is 5.75 Å². The van der Waals surface area contributed by atoms with Gasteiger partial charge < -0.3 is 20.5 Å². The Balaban J connectivity index is 2.24. The molecule has 1 aliphatic carbocycles. The van der Waals surface area contributed by atoms with E-state index in [1.807, 2.05) is 25.2 Å². The summed E-state index contributed by atoms with van der Waals surface area (Å²) in [5, 5.41) is 10.1. The maximum absolute atomic E-state index is 10.1. The lowest BCUT2D eigenvalue weighted by molar-refractivity contribution is 0.106. The fourth-order valence-corrected chi connectivity index (χ4v) is 2.74. The van der Waals surface area contributed by atoms with Crippen LogP contribution in [0.15, 0.2) is 18.2 Å². The second-order valence-corrected chi connectivity index (χ2v) is 4.92. The minimum Gasteiger partial charge on any atom is -0.495 e. The Kier molecular flexibility index (Phi) is 3.97. The Morgan fingerprint density at radius 1 is 1.33 bits per heavy atom. The quantitative estimate of drug-likeness (QED) is 0.806. The highest BCUT2D eigenvalue weighted by atomic mass is 16.5. The Bertz CT molecular complexity index is 409. The minimum absolute atomic E-state index is 0.146. The van der Waals surface area contributed by atoms with E-state index < -0.39 is 0 Å². The number of benzene rings is 1. The van der Waals surface area contributed by atoms with Gasteiger partial charge in [-0.3, -0.25) is 0 Å². The van der Waals surface area contributed by atoms with Crippen LogP contribution in [-0.2, 0) is 0 Å². The summed E-state index contributed by atoms with van der Waals surface area (Å²) >= 11 is 0. The molecule has 0 amide bonds. The lowest BCUT2D eigenvalue weighted by Gasteiger charge is -2.37. The van der Waals surface area contributed by atoms with Crippen LogP contribution in [0.25, 0.3) is 0 Å². The van der Waals surface area contributed by atoms with Crippen molar-refractivity contribution in [2.75, 3.05) is 24.8 Å². The van der Waals surface area contributed by atoms with Gasteiger partial charge in [0.15, 0.2) is 0 Å². The predicted octanol–water partition coefficient (Wildman–Crippen LogP) is 2.02. The first kappa shape index (κ1) is 13.0. The number of methoxy groups -OCH3 is 1. The number of aliphatic hydroxyl groups is 1. The number of nitrogens with zero attached hydrogens (tertiary/aromatic N) is 1. The number of anilines is 2. The molecule has 2 atom stereocenters. The number of nitrogens with two attached hydrogens (primary N) is 1. The Morgan fingerprint density at radius 2 is 2.06 bits per heavy atom. The highest BCUT2D eigenvalue weighted by Gasteiger charge is 2.27. The van der Waals surface area contributed by atoms with Gasteiger partial charge in [0.05, 0.1) is 30.6 Å². The number of ether oxygens (including phenoxy) is 1. The second kappa shape index (κ2) is 5.48. The fourth-order valence-electron chi connectivity index (χ4n) is 2.74. The number of aliphatic hydroxyl groups excluding tert-OH is 1. The zero-order chi connectivity index (χ0) is 13.1. The molecule has 100 valence electrons. The summed E-state index contributed by atoms with van der Waals surface area (Å²) in [5.74, 6) is 0.685. The highest BCUT2D eigenvalue weighted by molar-refractivity contribution is 5.74. The van der Waals surface area contributed by atoms with Crippen molar-refractivity contribution in [1.82, 2.24) is 0 Å². The van der Waals surface area contributed by atoms with Crippen molar-refractivity contribution in [3.63, 3.8) is 0 Å². The monoisotopic (exact) mass is 250 g/mol. The van der Waals surface area contributed by atoms with Gasteiger partial charge in [-0.05, 0) is 25.0 Å². The van der Waals surface area contributed by atoms with Gasteiger partial charge >= 0.3 is 0 Å². The van der Waals surface area contributed by atoms with Crippen LogP contribution in [0.1, 0.15) is 25.7 Å². The molecule has 4 nitrogen and oxygen atoms in total. The smallest absolute Gasteiger partial charge is 0.143 e. The summed E-state index contributed by atoms with van der Waals surface area (Å²) in [6.07, 6.45) is 3.89. The molecular weight excluding hydrogens is 228 g/mol. The van der Waals surface area contributed by atoms with E-state index in [0.29, 0.717) is 11.4 Å². The van der Waals surface area contributed by atoms with Gasteiger partial charge in [-0.15, -0.1) is 0 Å². The van der Waals surface area contributed by atoms with E-state index in [0.717, 1.165) is 31.4 Å². The van der Waals surface area contributed by atoms with Crippen LogP contribution in [-0.4, -0.2) is 31.4 Å². The molecule has 2 rings (SSSR count). The molecule has 4 heteroatoms. The molecule has 0 bridgehead atoms. The minimum atomic E-state index is -0.269. The molecule has 0 saturated heterocycles. The van der Waals surface area contributed by atoms with Gasteiger partial charge in [0.25, 0.3) is 0 Å². The molecule has 0 heterocycles. The maximum atomic E-state index is 10.1. The summed E-state index contributed by atoms with van der Waals surface area (Å²) in [5.41, 5.74) is 7.67. The third kappa shape index (κ3) is 2.38. The number of hydrogen-bond acceptors (Lipinski definition) is 4. The Morgan fingerprint density at radius 3 is 2.72 bits per heavy atom. The fraction of sp³-hybridized carbons (Fsp3) is 0.571. The molecule has 3 N–H and O–H groups in total. The molecule has 0 aromatic heterocycles. The van der Waals surface area contributed by atoms with E-state index in [2.05, 4.69) is 4.90 Å². The first-order valence-corrected chi connectivity index (χ1v) is 6.48. The number of para-hydroxylation sites is 1. The first-order valence-electron chi connectivity index (χ1n) is 6.48. The Labute approximate surface area is 108 Å². The summed E-state index contributed by atoms with van der Waals surface area (Å²) in [7, 11) is 3.61. The van der Waals surface area contributed by atoms with Crippen molar-refractivity contribution in [2.24, 2.45) is 0 Å². The zero-order valence-corrected chi connectivity index (χ0v) is 11.1. The molecule has 1 aromatic carbocycles. The highest BCUT2D eigenvalue weighted by Crippen LogP contribution is 2.34. The van der Waals surface area contributed by atoms with Gasteiger partial charge in [-0.1, -0.05) is 18.9 Å². The molecule has 1 saturated carbocycles. The summed E-state index contributed by atoms with van der Waals surface area (Å²) in [4.78, 5) is 2.08. The third-order valence-corrected chi connectivity index (χ3v) is 3.83. The van der Waals surface area contributed by atoms with Crippen LogP contribution >= 0.6 is 0 Å². The zero-order valence-electron chi connectivity index (χ0n) is 11.1. The van der Waals surface area contributed by atoms with Gasteiger partial charge in [-0.25, -0.2) is 0 Å². The molecular formula is C14H22N2O2. The number of likely N-dealkylation sites (N-methyl/N-ethyl adjacent to an activating group) is 1. The van der Waals surface area contributed by atoms with Crippen molar-refractivity contribution < 1.29 is 9.84 Å². The van der Waals surface area contributed by atoms with Crippen LogP contribution < -0.4 is 15.4 Å². The number of rotatable bonds is 3. The molecule has 1 aromatic rings. The number of nitrogen functional groups attached to an aromatic ring is 1. The van der Waals surface area contributed by atoms with E-state index in [1.54, 1.807) is 7.11 Å². The van der Waals surface area contributed by atoms with Crippen LogP contribution in [0.4, 0.5) is 11.4 Å². The van der Waals surface area contributed by atoms with E-state index in [1.165, 1.54) is 0 Å². The van der Waals surface area contributed by atoms with Gasteiger partial charge in [0.2, 0.25) is 0 Å². The van der Waals surface area contributed by atoms with Crippen molar-refractivity contribution in [2.45, 2.75) is 37.8 Å². The van der Waals surface area contributed by atoms with Crippen LogP contribution in [0, 0.1) is 0 Å². The molecule has 0 spiro atoms. The lowest BCUT2D eigenvalue weighted by Crippen LogP contribution is -2.43. The van der Waals surface area contributed by atoms with E-state index in [-0.39, 0.29) is 12.1 Å². The molecule has 1 fully saturated rings. The topological polar surface area (TPSA) is 58.7 Å². The largest absolute Gasteiger partial charge is 0.495 e. The van der Waals surface area contributed by atoms with Crippen LogP contribution in [0.3, 0.4) is 0 Å². The maximum Gasteiger partial charge on any atom is 0.143 e. The van der Waals surface area contributed by atoms with Crippen molar-refractivity contribution in [3.8, 4) is 5.75 Å².